The summed E-state index contributed by atoms with van der Waals surface area (Å²) in [6.07, 6.45) is 1.20. The van der Waals surface area contributed by atoms with Crippen LogP contribution in [0, 0.1) is 0 Å². The molecule has 96 valence electrons. The fraction of sp³-hybridized carbons (Fsp3) is 0.727. The third kappa shape index (κ3) is 3.19. The summed E-state index contributed by atoms with van der Waals surface area (Å²) >= 11 is 5.65. The molecular formula is C11H16ClNO4. The molecule has 0 saturated carbocycles. The molecule has 0 aromatic carbocycles. The first kappa shape index (κ1) is 14.0. The van der Waals surface area contributed by atoms with Crippen molar-refractivity contribution in [1.82, 2.24) is 4.90 Å². The minimum Gasteiger partial charge on any atom is -0.464 e. The molecule has 0 radical (unpaired) electrons. The fourth-order valence-corrected chi connectivity index (χ4v) is 1.78. The Bertz CT molecular complexity index is 329. The summed E-state index contributed by atoms with van der Waals surface area (Å²) in [7, 11) is 0. The van der Waals surface area contributed by atoms with Crippen molar-refractivity contribution in [3.05, 3.63) is 0 Å². The quantitative estimate of drug-likeness (QED) is 0.561. The topological polar surface area (TPSA) is 63.7 Å². The molecule has 0 unspecified atom stereocenters. The standard InChI is InChI=1S/C11H16ClNO4/c1-3-6-17-11(16)8-4-5-9(14)13(8)10(15)7(2)12/h7-8H,3-6H2,1-2H3/t7-,8-/m0/s1. The zero-order valence-electron chi connectivity index (χ0n) is 9.94. The average Bonchev–Trinajstić information content (AvgIpc) is 2.66. The van der Waals surface area contributed by atoms with Gasteiger partial charge in [-0.15, -0.1) is 11.6 Å². The van der Waals surface area contributed by atoms with E-state index in [0.29, 0.717) is 19.4 Å². The maximum absolute atomic E-state index is 11.7. The Balaban J connectivity index is 2.74. The van der Waals surface area contributed by atoms with Gasteiger partial charge in [-0.1, -0.05) is 6.92 Å². The highest BCUT2D eigenvalue weighted by atomic mass is 35.5. The maximum Gasteiger partial charge on any atom is 0.329 e. The molecule has 2 atom stereocenters. The number of rotatable bonds is 4. The molecule has 1 saturated heterocycles. The summed E-state index contributed by atoms with van der Waals surface area (Å²) in [6, 6.07) is -0.803. The van der Waals surface area contributed by atoms with Crippen molar-refractivity contribution in [3.8, 4) is 0 Å². The summed E-state index contributed by atoms with van der Waals surface area (Å²) in [5.41, 5.74) is 0. The fourth-order valence-electron chi connectivity index (χ4n) is 1.67. The van der Waals surface area contributed by atoms with Crippen LogP contribution in [0.1, 0.15) is 33.1 Å². The summed E-state index contributed by atoms with van der Waals surface area (Å²) in [4.78, 5) is 35.9. The van der Waals surface area contributed by atoms with Crippen molar-refractivity contribution in [1.29, 1.82) is 0 Å². The molecule has 0 aromatic rings. The molecule has 1 rings (SSSR count). The van der Waals surface area contributed by atoms with Crippen molar-refractivity contribution in [2.75, 3.05) is 6.61 Å². The SMILES string of the molecule is CCCOC(=O)[C@@H]1CCC(=O)N1C(=O)[C@H](C)Cl. The van der Waals surface area contributed by atoms with Gasteiger partial charge in [0.25, 0.3) is 0 Å². The second kappa shape index (κ2) is 6.00. The van der Waals surface area contributed by atoms with E-state index >= 15 is 0 Å². The lowest BCUT2D eigenvalue weighted by atomic mass is 10.2. The highest BCUT2D eigenvalue weighted by Crippen LogP contribution is 2.22. The predicted octanol–water partition coefficient (Wildman–Crippen LogP) is 1.08. The highest BCUT2D eigenvalue weighted by molar-refractivity contribution is 6.31. The molecule has 0 aliphatic carbocycles. The van der Waals surface area contributed by atoms with Gasteiger partial charge in [0.2, 0.25) is 11.8 Å². The minimum atomic E-state index is -0.821. The van der Waals surface area contributed by atoms with Crippen LogP contribution in [0.25, 0.3) is 0 Å². The van der Waals surface area contributed by atoms with E-state index < -0.39 is 23.3 Å². The van der Waals surface area contributed by atoms with Crippen LogP contribution >= 0.6 is 11.6 Å². The first-order chi connectivity index (χ1) is 7.99. The Morgan fingerprint density at radius 2 is 2.24 bits per heavy atom. The number of carbonyl (C=O) groups is 3. The van der Waals surface area contributed by atoms with E-state index in [1.165, 1.54) is 6.92 Å². The predicted molar refractivity (Wildman–Crippen MR) is 61.4 cm³/mol. The second-order valence-electron chi connectivity index (χ2n) is 3.94. The van der Waals surface area contributed by atoms with Crippen LogP contribution in [0.3, 0.4) is 0 Å². The minimum absolute atomic E-state index is 0.182. The molecule has 0 N–H and O–H groups in total. The molecule has 2 amide bonds. The Morgan fingerprint density at radius 1 is 1.59 bits per heavy atom. The normalized spacial score (nSPS) is 21.5. The van der Waals surface area contributed by atoms with Crippen molar-refractivity contribution in [3.63, 3.8) is 0 Å². The Hall–Kier alpha value is -1.10. The number of halogens is 1. The molecule has 0 spiro atoms. The van der Waals surface area contributed by atoms with Crippen molar-refractivity contribution < 1.29 is 19.1 Å². The molecule has 6 heteroatoms. The van der Waals surface area contributed by atoms with Gasteiger partial charge in [-0.2, -0.15) is 0 Å². The van der Waals surface area contributed by atoms with Gasteiger partial charge in [0.1, 0.15) is 11.4 Å². The second-order valence-corrected chi connectivity index (χ2v) is 4.59. The van der Waals surface area contributed by atoms with Gasteiger partial charge in [-0.05, 0) is 19.8 Å². The molecule has 17 heavy (non-hydrogen) atoms. The average molecular weight is 262 g/mol. The first-order valence-electron chi connectivity index (χ1n) is 5.65. The van der Waals surface area contributed by atoms with Gasteiger partial charge in [0.05, 0.1) is 6.61 Å². The van der Waals surface area contributed by atoms with Gasteiger partial charge in [0, 0.05) is 6.42 Å². The zero-order valence-corrected chi connectivity index (χ0v) is 10.7. The van der Waals surface area contributed by atoms with Crippen LogP contribution in [-0.4, -0.2) is 40.7 Å². The van der Waals surface area contributed by atoms with Crippen LogP contribution in [0.5, 0.6) is 0 Å². The summed E-state index contributed by atoms with van der Waals surface area (Å²) in [5, 5.41) is -0.821. The monoisotopic (exact) mass is 261 g/mol. The Kier molecular flexibility index (Phi) is 4.93. The molecule has 1 aliphatic heterocycles. The van der Waals surface area contributed by atoms with Crippen LogP contribution in [-0.2, 0) is 19.1 Å². The Morgan fingerprint density at radius 3 is 2.76 bits per heavy atom. The third-order valence-electron chi connectivity index (χ3n) is 2.51. The van der Waals surface area contributed by atoms with Crippen LogP contribution in [0.2, 0.25) is 0 Å². The number of alkyl halides is 1. The highest BCUT2D eigenvalue weighted by Gasteiger charge is 2.42. The summed E-state index contributed by atoms with van der Waals surface area (Å²) in [5.74, 6) is -1.42. The number of ether oxygens (including phenoxy) is 1. The molecule has 0 bridgehead atoms. The van der Waals surface area contributed by atoms with E-state index in [-0.39, 0.29) is 12.3 Å². The maximum atomic E-state index is 11.7. The van der Waals surface area contributed by atoms with Crippen molar-refractivity contribution in [2.24, 2.45) is 0 Å². The summed E-state index contributed by atoms with van der Waals surface area (Å²) < 4.78 is 4.96. The number of imide groups is 1. The van der Waals surface area contributed by atoms with E-state index in [4.69, 9.17) is 16.3 Å². The lowest BCUT2D eigenvalue weighted by Gasteiger charge is -2.22. The van der Waals surface area contributed by atoms with Gasteiger partial charge in [0.15, 0.2) is 0 Å². The number of likely N-dealkylation sites (tertiary alicyclic amines) is 1. The van der Waals surface area contributed by atoms with Crippen molar-refractivity contribution in [2.45, 2.75) is 44.5 Å². The summed E-state index contributed by atoms with van der Waals surface area (Å²) in [6.45, 7) is 3.64. The number of hydrogen-bond acceptors (Lipinski definition) is 4. The Labute approximate surface area is 105 Å². The largest absolute Gasteiger partial charge is 0.464 e. The van der Waals surface area contributed by atoms with Crippen LogP contribution in [0.15, 0.2) is 0 Å². The lowest BCUT2D eigenvalue weighted by molar-refractivity contribution is -0.157. The molecular weight excluding hydrogens is 246 g/mol. The number of amides is 2. The molecule has 1 aliphatic rings. The molecule has 1 fully saturated rings. The van der Waals surface area contributed by atoms with E-state index in [1.807, 2.05) is 6.92 Å². The van der Waals surface area contributed by atoms with Gasteiger partial charge in [-0.25, -0.2) is 4.79 Å². The van der Waals surface area contributed by atoms with E-state index in [1.54, 1.807) is 0 Å². The first-order valence-corrected chi connectivity index (χ1v) is 6.09. The van der Waals surface area contributed by atoms with E-state index in [0.717, 1.165) is 4.90 Å². The van der Waals surface area contributed by atoms with Gasteiger partial charge < -0.3 is 4.74 Å². The number of esters is 1. The lowest BCUT2D eigenvalue weighted by Crippen LogP contribution is -2.46. The number of hydrogen-bond donors (Lipinski definition) is 0. The van der Waals surface area contributed by atoms with Crippen LogP contribution in [0.4, 0.5) is 0 Å². The molecule has 0 aromatic heterocycles. The number of carbonyl (C=O) groups excluding carboxylic acids is 3. The van der Waals surface area contributed by atoms with E-state index in [2.05, 4.69) is 0 Å². The van der Waals surface area contributed by atoms with Crippen molar-refractivity contribution >= 4 is 29.4 Å². The van der Waals surface area contributed by atoms with Crippen LogP contribution < -0.4 is 0 Å². The smallest absolute Gasteiger partial charge is 0.329 e. The van der Waals surface area contributed by atoms with Gasteiger partial charge in [-0.3, -0.25) is 14.5 Å². The molecule has 5 nitrogen and oxygen atoms in total. The number of nitrogens with zero attached hydrogens (tertiary/aromatic N) is 1. The zero-order chi connectivity index (χ0) is 13.0. The third-order valence-corrected chi connectivity index (χ3v) is 2.70. The molecule has 1 heterocycles. The van der Waals surface area contributed by atoms with Gasteiger partial charge >= 0.3 is 5.97 Å². The van der Waals surface area contributed by atoms with E-state index in [9.17, 15) is 14.4 Å².